The van der Waals surface area contributed by atoms with Gasteiger partial charge in [0.15, 0.2) is 11.6 Å². The molecule has 0 bridgehead atoms. The van der Waals surface area contributed by atoms with E-state index in [4.69, 9.17) is 10.7 Å². The van der Waals surface area contributed by atoms with Crippen molar-refractivity contribution in [1.29, 1.82) is 0 Å². The van der Waals surface area contributed by atoms with E-state index in [0.29, 0.717) is 23.8 Å². The molecule has 33 heavy (non-hydrogen) atoms. The predicted octanol–water partition coefficient (Wildman–Crippen LogP) is 4.94. The van der Waals surface area contributed by atoms with E-state index in [1.54, 1.807) is 29.8 Å². The van der Waals surface area contributed by atoms with E-state index < -0.39 is 5.82 Å². The first kappa shape index (κ1) is 21.1. The van der Waals surface area contributed by atoms with Crippen LogP contribution in [0.3, 0.4) is 0 Å². The number of rotatable bonds is 7. The predicted molar refractivity (Wildman–Crippen MR) is 130 cm³/mol. The van der Waals surface area contributed by atoms with Crippen molar-refractivity contribution >= 4 is 27.4 Å². The van der Waals surface area contributed by atoms with Gasteiger partial charge in [-0.15, -0.1) is 11.3 Å². The van der Waals surface area contributed by atoms with Gasteiger partial charge in [-0.25, -0.2) is 14.4 Å². The molecule has 0 saturated heterocycles. The first-order valence-corrected chi connectivity index (χ1v) is 11.4. The third-order valence-corrected chi connectivity index (χ3v) is 6.27. The van der Waals surface area contributed by atoms with E-state index in [1.807, 2.05) is 35.7 Å². The van der Waals surface area contributed by atoms with E-state index in [1.165, 1.54) is 18.0 Å². The summed E-state index contributed by atoms with van der Waals surface area (Å²) in [4.78, 5) is 17.4. The fourth-order valence-electron chi connectivity index (χ4n) is 3.67. The highest BCUT2D eigenvalue weighted by atomic mass is 32.1. The summed E-state index contributed by atoms with van der Waals surface area (Å²) in [6.07, 6.45) is 6.92. The molecule has 0 aliphatic carbocycles. The topological polar surface area (TPSA) is 89.6 Å². The van der Waals surface area contributed by atoms with Crippen molar-refractivity contribution in [3.63, 3.8) is 0 Å². The third-order valence-electron chi connectivity index (χ3n) is 5.29. The molecule has 0 aliphatic heterocycles. The van der Waals surface area contributed by atoms with Gasteiger partial charge in [0.2, 0.25) is 0 Å². The minimum absolute atomic E-state index is 0.113. The Morgan fingerprint density at radius 1 is 0.939 bits per heavy atom. The van der Waals surface area contributed by atoms with Crippen LogP contribution in [0.25, 0.3) is 32.7 Å². The normalized spacial score (nSPS) is 12.1. The molecule has 1 unspecified atom stereocenters. The lowest BCUT2D eigenvalue weighted by Gasteiger charge is -2.15. The molecule has 5 aromatic rings. The molecule has 4 heterocycles. The number of nitrogens with zero attached hydrogens (tertiary/aromatic N) is 4. The summed E-state index contributed by atoms with van der Waals surface area (Å²) < 4.78 is 15.4. The number of pyridine rings is 2. The standard InChI is InChI=1S/C25H21FN6S/c26-21-14-29-11-8-19(21)24-31-22-20(17-6-9-28-10-7-17)15-33-23(22)25(32-24)30-13-18(27)12-16-4-2-1-3-5-16/h1-11,14-15,18H,12-13,27H2,(H,30,31,32). The van der Waals surface area contributed by atoms with E-state index in [-0.39, 0.29) is 6.04 Å². The van der Waals surface area contributed by atoms with Crippen molar-refractivity contribution in [1.82, 2.24) is 19.9 Å². The Labute approximate surface area is 194 Å². The van der Waals surface area contributed by atoms with Gasteiger partial charge in [0, 0.05) is 42.1 Å². The molecule has 164 valence electrons. The molecule has 4 aromatic heterocycles. The number of hydrogen-bond donors (Lipinski definition) is 2. The summed E-state index contributed by atoms with van der Waals surface area (Å²) in [5.41, 5.74) is 10.6. The first-order valence-electron chi connectivity index (χ1n) is 10.5. The summed E-state index contributed by atoms with van der Waals surface area (Å²) in [6, 6.07) is 15.5. The number of aromatic nitrogens is 4. The summed E-state index contributed by atoms with van der Waals surface area (Å²) >= 11 is 1.54. The maximum Gasteiger partial charge on any atom is 0.165 e. The van der Waals surface area contributed by atoms with Crippen LogP contribution in [0.4, 0.5) is 10.2 Å². The molecule has 0 spiro atoms. The van der Waals surface area contributed by atoms with Crippen LogP contribution >= 0.6 is 11.3 Å². The molecule has 1 aromatic carbocycles. The first-order chi connectivity index (χ1) is 16.2. The molecular weight excluding hydrogens is 435 g/mol. The summed E-state index contributed by atoms with van der Waals surface area (Å²) in [6.45, 7) is 0.516. The smallest absolute Gasteiger partial charge is 0.165 e. The Kier molecular flexibility index (Phi) is 6.01. The van der Waals surface area contributed by atoms with Crippen molar-refractivity contribution in [2.75, 3.05) is 11.9 Å². The Morgan fingerprint density at radius 3 is 2.52 bits per heavy atom. The van der Waals surface area contributed by atoms with E-state index in [9.17, 15) is 4.39 Å². The summed E-state index contributed by atoms with van der Waals surface area (Å²) in [7, 11) is 0. The molecule has 3 N–H and O–H groups in total. The molecule has 0 radical (unpaired) electrons. The average molecular weight is 457 g/mol. The molecule has 6 nitrogen and oxygen atoms in total. The van der Waals surface area contributed by atoms with Gasteiger partial charge in [-0.3, -0.25) is 9.97 Å². The van der Waals surface area contributed by atoms with E-state index >= 15 is 0 Å². The monoisotopic (exact) mass is 456 g/mol. The van der Waals surface area contributed by atoms with Crippen molar-refractivity contribution in [3.05, 3.63) is 90.1 Å². The number of anilines is 1. The maximum absolute atomic E-state index is 14.5. The second-order valence-corrected chi connectivity index (χ2v) is 8.52. The zero-order valence-electron chi connectivity index (χ0n) is 17.6. The van der Waals surface area contributed by atoms with Gasteiger partial charge >= 0.3 is 0 Å². The molecule has 0 aliphatic rings. The van der Waals surface area contributed by atoms with Crippen LogP contribution in [0.5, 0.6) is 0 Å². The Morgan fingerprint density at radius 2 is 1.73 bits per heavy atom. The molecular formula is C25H21FN6S. The number of halogens is 1. The van der Waals surface area contributed by atoms with Crippen molar-refractivity contribution in [2.24, 2.45) is 5.73 Å². The van der Waals surface area contributed by atoms with Gasteiger partial charge in [-0.2, -0.15) is 0 Å². The van der Waals surface area contributed by atoms with Crippen molar-refractivity contribution < 1.29 is 4.39 Å². The van der Waals surface area contributed by atoms with E-state index in [0.717, 1.165) is 27.8 Å². The SMILES string of the molecule is NC(CNc1nc(-c2ccncc2F)nc2c(-c3ccncc3)csc12)Cc1ccccc1. The summed E-state index contributed by atoms with van der Waals surface area (Å²) in [5, 5.41) is 5.42. The van der Waals surface area contributed by atoms with Gasteiger partial charge in [0.05, 0.1) is 22.0 Å². The highest BCUT2D eigenvalue weighted by Gasteiger charge is 2.18. The lowest BCUT2D eigenvalue weighted by molar-refractivity contribution is 0.623. The lowest BCUT2D eigenvalue weighted by Crippen LogP contribution is -2.31. The van der Waals surface area contributed by atoms with Crippen molar-refractivity contribution in [3.8, 4) is 22.5 Å². The Bertz CT molecular complexity index is 1370. The van der Waals surface area contributed by atoms with Crippen molar-refractivity contribution in [2.45, 2.75) is 12.5 Å². The largest absolute Gasteiger partial charge is 0.367 e. The van der Waals surface area contributed by atoms with Crippen LogP contribution < -0.4 is 11.1 Å². The average Bonchev–Trinajstić information content (AvgIpc) is 3.28. The molecule has 1 atom stereocenters. The quantitative estimate of drug-likeness (QED) is 0.361. The molecule has 8 heteroatoms. The number of hydrogen-bond acceptors (Lipinski definition) is 7. The molecule has 0 saturated carbocycles. The minimum Gasteiger partial charge on any atom is -0.367 e. The van der Waals surface area contributed by atoms with Gasteiger partial charge in [-0.05, 0) is 35.7 Å². The summed E-state index contributed by atoms with van der Waals surface area (Å²) in [5.74, 6) is 0.472. The second kappa shape index (κ2) is 9.40. The van der Waals surface area contributed by atoms with Crippen LogP contribution in [-0.2, 0) is 6.42 Å². The van der Waals surface area contributed by atoms with Crippen LogP contribution in [-0.4, -0.2) is 32.5 Å². The van der Waals surface area contributed by atoms with Gasteiger partial charge < -0.3 is 11.1 Å². The number of benzene rings is 1. The second-order valence-electron chi connectivity index (χ2n) is 7.65. The fourth-order valence-corrected chi connectivity index (χ4v) is 4.65. The number of fused-ring (bicyclic) bond motifs is 1. The fraction of sp³-hybridized carbons (Fsp3) is 0.120. The van der Waals surface area contributed by atoms with E-state index in [2.05, 4.69) is 32.4 Å². The number of nitrogens with two attached hydrogens (primary N) is 1. The molecule has 5 rings (SSSR count). The Balaban J connectivity index is 1.52. The zero-order valence-corrected chi connectivity index (χ0v) is 18.5. The van der Waals surface area contributed by atoms with Crippen LogP contribution in [0.2, 0.25) is 0 Å². The van der Waals surface area contributed by atoms with Gasteiger partial charge in [0.25, 0.3) is 0 Å². The maximum atomic E-state index is 14.5. The highest BCUT2D eigenvalue weighted by Crippen LogP contribution is 2.37. The number of nitrogens with one attached hydrogen (secondary N) is 1. The van der Waals surface area contributed by atoms with Gasteiger partial charge in [0.1, 0.15) is 5.82 Å². The third kappa shape index (κ3) is 4.57. The lowest BCUT2D eigenvalue weighted by atomic mass is 10.1. The molecule has 0 fully saturated rings. The minimum atomic E-state index is -0.468. The zero-order chi connectivity index (χ0) is 22.6. The number of thiophene rings is 1. The van der Waals surface area contributed by atoms with Gasteiger partial charge in [-0.1, -0.05) is 30.3 Å². The molecule has 0 amide bonds. The Hall–Kier alpha value is -3.75. The van der Waals surface area contributed by atoms with Crippen LogP contribution in [0, 0.1) is 5.82 Å². The van der Waals surface area contributed by atoms with Crippen LogP contribution in [0.15, 0.2) is 78.7 Å². The highest BCUT2D eigenvalue weighted by molar-refractivity contribution is 7.18. The van der Waals surface area contributed by atoms with Crippen LogP contribution in [0.1, 0.15) is 5.56 Å².